The van der Waals surface area contributed by atoms with E-state index in [2.05, 4.69) is 44.9 Å². The van der Waals surface area contributed by atoms with E-state index in [1.807, 2.05) is 42.5 Å². The van der Waals surface area contributed by atoms with Crippen molar-refractivity contribution in [2.45, 2.75) is 47.8 Å². The van der Waals surface area contributed by atoms with E-state index in [0.29, 0.717) is 17.3 Å². The second kappa shape index (κ2) is 14.1. The van der Waals surface area contributed by atoms with Crippen molar-refractivity contribution < 1.29 is 18.0 Å². The summed E-state index contributed by atoms with van der Waals surface area (Å²) in [5.41, 5.74) is 3.72. The Bertz CT molecular complexity index is 2280. The molecule has 2 N–H and O–H groups in total. The smallest absolute Gasteiger partial charge is 0.264 e. The predicted octanol–water partition coefficient (Wildman–Crippen LogP) is 9.04. The first-order valence-corrected chi connectivity index (χ1v) is 19.0. The van der Waals surface area contributed by atoms with Gasteiger partial charge in [0.2, 0.25) is 5.91 Å². The predicted molar refractivity (Wildman–Crippen MR) is 198 cm³/mol. The number of carbonyl (C=O) groups is 2. The molecule has 1 aliphatic carbocycles. The van der Waals surface area contributed by atoms with Crippen LogP contribution in [0.2, 0.25) is 5.02 Å². The minimum atomic E-state index is -4.00. The number of hydrogen-bond acceptors (Lipinski definition) is 5. The number of thioether (sulfide) groups is 1. The van der Waals surface area contributed by atoms with Crippen LogP contribution in [0.5, 0.6) is 0 Å². The Labute approximate surface area is 294 Å². The van der Waals surface area contributed by atoms with Crippen molar-refractivity contribution in [1.82, 2.24) is 9.29 Å². The fraction of sp³-hybridized carbons (Fsp3) is 0.179. The highest BCUT2D eigenvalue weighted by Crippen LogP contribution is 2.38. The van der Waals surface area contributed by atoms with Crippen molar-refractivity contribution in [3.8, 4) is 0 Å². The molecule has 0 radical (unpaired) electrons. The average Bonchev–Trinajstić information content (AvgIpc) is 3.75. The van der Waals surface area contributed by atoms with E-state index in [1.54, 1.807) is 42.1 Å². The number of halogens is 1. The third kappa shape index (κ3) is 7.11. The molecule has 0 aliphatic heterocycles. The Hall–Kier alpha value is -4.57. The van der Waals surface area contributed by atoms with Gasteiger partial charge in [0, 0.05) is 45.4 Å². The van der Waals surface area contributed by atoms with Gasteiger partial charge in [-0.1, -0.05) is 91.2 Å². The van der Waals surface area contributed by atoms with E-state index in [0.717, 1.165) is 58.4 Å². The van der Waals surface area contributed by atoms with Crippen molar-refractivity contribution in [3.63, 3.8) is 0 Å². The molecule has 6 aromatic rings. The highest BCUT2D eigenvalue weighted by atomic mass is 35.5. The zero-order valence-corrected chi connectivity index (χ0v) is 29.0. The van der Waals surface area contributed by atoms with Crippen molar-refractivity contribution in [1.29, 1.82) is 0 Å². The van der Waals surface area contributed by atoms with Crippen molar-refractivity contribution in [2.75, 3.05) is 5.32 Å². The molecule has 248 valence electrons. The van der Waals surface area contributed by atoms with Gasteiger partial charge in [-0.15, -0.1) is 11.8 Å². The zero-order chi connectivity index (χ0) is 34.0. The minimum Gasteiger partial charge on any atom is -0.338 e. The van der Waals surface area contributed by atoms with Gasteiger partial charge in [-0.05, 0) is 77.7 Å². The fourth-order valence-electron chi connectivity index (χ4n) is 6.45. The molecule has 0 saturated heterocycles. The first kappa shape index (κ1) is 33.0. The number of hydrogen-bond donors (Lipinski definition) is 2. The number of benzene rings is 5. The monoisotopic (exact) mass is 707 g/mol. The Morgan fingerprint density at radius 3 is 2.31 bits per heavy atom. The van der Waals surface area contributed by atoms with E-state index in [9.17, 15) is 18.0 Å². The summed E-state index contributed by atoms with van der Waals surface area (Å²) in [6.07, 6.45) is 4.01. The summed E-state index contributed by atoms with van der Waals surface area (Å²) in [6, 6.07) is 35.1. The third-order valence-corrected chi connectivity index (χ3v) is 11.9. The lowest BCUT2D eigenvalue weighted by Crippen LogP contribution is -2.30. The van der Waals surface area contributed by atoms with Gasteiger partial charge in [0.15, 0.2) is 0 Å². The number of amides is 2. The molecule has 0 spiro atoms. The van der Waals surface area contributed by atoms with Gasteiger partial charge in [0.1, 0.15) is 0 Å². The van der Waals surface area contributed by atoms with Gasteiger partial charge in [-0.25, -0.2) is 13.1 Å². The standard InChI is InChI=1S/C39H34ClN3O4S2/c40-37-33-23-30(41-38(44)28-10-4-5-11-28)21-22-34(33)43(35(37)25-48-36-16-8-12-27-9-6-7-15-32(27)36)24-26-17-19-29(20-18-26)39(45)42-49(46,47)31-13-2-1-3-14-31/h1-3,6-9,12-23,28H,4-5,10-11,24-25H2,(H,41,44)(H,42,45). The van der Waals surface area contributed by atoms with Gasteiger partial charge in [0.05, 0.1) is 15.4 Å². The maximum Gasteiger partial charge on any atom is 0.264 e. The molecule has 0 bridgehead atoms. The Kier molecular flexibility index (Phi) is 9.49. The lowest BCUT2D eigenvalue weighted by Gasteiger charge is -2.13. The quantitative estimate of drug-likeness (QED) is 0.139. The maximum absolute atomic E-state index is 12.9. The molecule has 1 aromatic heterocycles. The molecule has 0 atom stereocenters. The molecule has 1 saturated carbocycles. The van der Waals surface area contributed by atoms with Crippen LogP contribution in [0.15, 0.2) is 125 Å². The average molecular weight is 708 g/mol. The number of nitrogens with zero attached hydrogens (tertiary/aromatic N) is 1. The summed E-state index contributed by atoms with van der Waals surface area (Å²) in [4.78, 5) is 27.0. The Morgan fingerprint density at radius 1 is 0.816 bits per heavy atom. The number of nitrogens with one attached hydrogen (secondary N) is 2. The number of rotatable bonds is 10. The van der Waals surface area contributed by atoms with Crippen LogP contribution >= 0.6 is 23.4 Å². The molecule has 1 heterocycles. The van der Waals surface area contributed by atoms with E-state index < -0.39 is 15.9 Å². The lowest BCUT2D eigenvalue weighted by atomic mass is 10.1. The van der Waals surface area contributed by atoms with Gasteiger partial charge in [-0.3, -0.25) is 9.59 Å². The summed E-state index contributed by atoms with van der Waals surface area (Å²) >= 11 is 8.88. The van der Waals surface area contributed by atoms with Crippen LogP contribution in [-0.4, -0.2) is 24.8 Å². The largest absolute Gasteiger partial charge is 0.338 e. The summed E-state index contributed by atoms with van der Waals surface area (Å²) < 4.78 is 29.7. The van der Waals surface area contributed by atoms with Crippen molar-refractivity contribution >= 4 is 72.6 Å². The van der Waals surface area contributed by atoms with Gasteiger partial charge < -0.3 is 9.88 Å². The molecule has 1 fully saturated rings. The SMILES string of the molecule is O=C(NS(=O)(=O)c1ccccc1)c1ccc(Cn2c(CSc3cccc4ccccc34)c(Cl)c3cc(NC(=O)C4CCCC4)ccc32)cc1. The normalized spacial score (nSPS) is 13.6. The second-order valence-corrected chi connectivity index (χ2v) is 15.3. The zero-order valence-electron chi connectivity index (χ0n) is 26.6. The summed E-state index contributed by atoms with van der Waals surface area (Å²) in [7, 11) is -4.00. The molecular weight excluding hydrogens is 674 g/mol. The minimum absolute atomic E-state index is 0.0199. The van der Waals surface area contributed by atoms with Gasteiger partial charge >= 0.3 is 0 Å². The van der Waals surface area contributed by atoms with Gasteiger partial charge in [0.25, 0.3) is 15.9 Å². The maximum atomic E-state index is 12.9. The Balaban J connectivity index is 1.18. The highest BCUT2D eigenvalue weighted by Gasteiger charge is 2.24. The summed E-state index contributed by atoms with van der Waals surface area (Å²) in [6.45, 7) is 0.465. The number of sulfonamides is 1. The molecule has 1 aliphatic rings. The molecule has 49 heavy (non-hydrogen) atoms. The van der Waals surface area contributed by atoms with E-state index >= 15 is 0 Å². The van der Waals surface area contributed by atoms with E-state index in [4.69, 9.17) is 11.6 Å². The van der Waals surface area contributed by atoms with E-state index in [-0.39, 0.29) is 22.3 Å². The highest BCUT2D eigenvalue weighted by molar-refractivity contribution is 7.98. The second-order valence-electron chi connectivity index (χ2n) is 12.3. The molecule has 7 rings (SSSR count). The lowest BCUT2D eigenvalue weighted by molar-refractivity contribution is -0.119. The van der Waals surface area contributed by atoms with E-state index in [1.165, 1.54) is 22.9 Å². The number of anilines is 1. The topological polar surface area (TPSA) is 97.3 Å². The van der Waals surface area contributed by atoms with Crippen LogP contribution in [-0.2, 0) is 27.1 Å². The number of aromatic nitrogens is 1. The molecule has 2 amide bonds. The molecule has 7 nitrogen and oxygen atoms in total. The first-order chi connectivity index (χ1) is 23.8. The van der Waals surface area contributed by atoms with Crippen LogP contribution < -0.4 is 10.0 Å². The van der Waals surface area contributed by atoms with Crippen LogP contribution in [0.4, 0.5) is 5.69 Å². The van der Waals surface area contributed by atoms with Crippen LogP contribution in [0, 0.1) is 5.92 Å². The summed E-state index contributed by atoms with van der Waals surface area (Å²) in [5, 5.41) is 6.93. The fourth-order valence-corrected chi connectivity index (χ4v) is 8.95. The molecule has 0 unspecified atom stereocenters. The van der Waals surface area contributed by atoms with Crippen LogP contribution in [0.25, 0.3) is 21.7 Å². The molecule has 5 aromatic carbocycles. The first-order valence-electron chi connectivity index (χ1n) is 16.2. The molecule has 10 heteroatoms. The number of carbonyl (C=O) groups excluding carboxylic acids is 2. The van der Waals surface area contributed by atoms with Gasteiger partial charge in [-0.2, -0.15) is 0 Å². The van der Waals surface area contributed by atoms with Crippen LogP contribution in [0.1, 0.15) is 47.3 Å². The molecular formula is C39H34ClN3O4S2. The summed E-state index contributed by atoms with van der Waals surface area (Å²) in [5.74, 6) is -0.000627. The van der Waals surface area contributed by atoms with Crippen molar-refractivity contribution in [2.24, 2.45) is 5.92 Å². The Morgan fingerprint density at radius 2 is 1.53 bits per heavy atom. The third-order valence-electron chi connectivity index (χ3n) is 9.05. The van der Waals surface area contributed by atoms with Crippen molar-refractivity contribution in [3.05, 3.63) is 137 Å². The van der Waals surface area contributed by atoms with Crippen LogP contribution in [0.3, 0.4) is 0 Å². The number of fused-ring (bicyclic) bond motifs is 2.